The van der Waals surface area contributed by atoms with Crippen LogP contribution >= 0.6 is 0 Å². The topological polar surface area (TPSA) is 59.2 Å². The highest BCUT2D eigenvalue weighted by atomic mass is 16.5. The number of nitrogens with one attached hydrogen (secondary N) is 1. The lowest BCUT2D eigenvalue weighted by molar-refractivity contribution is 0.0982. The first-order chi connectivity index (χ1) is 11.2. The summed E-state index contributed by atoms with van der Waals surface area (Å²) in [5.41, 5.74) is 3.94. The molecule has 1 aliphatic rings. The second-order valence-electron chi connectivity index (χ2n) is 7.23. The first kappa shape index (κ1) is 16.5. The Hall–Kier alpha value is -2.36. The second kappa shape index (κ2) is 5.93. The van der Waals surface area contributed by atoms with Gasteiger partial charge in [0.15, 0.2) is 5.78 Å². The van der Waals surface area contributed by atoms with Crippen molar-refractivity contribution in [1.29, 1.82) is 0 Å². The number of carbonyl (C=O) groups is 1. The Labute approximate surface area is 141 Å². The number of H-pyrrole nitrogens is 1. The van der Waals surface area contributed by atoms with E-state index in [1.54, 1.807) is 0 Å². The summed E-state index contributed by atoms with van der Waals surface area (Å²) < 4.78 is 5.84. The molecule has 1 N–H and O–H groups in total. The van der Waals surface area contributed by atoms with Crippen molar-refractivity contribution < 1.29 is 9.53 Å². The standard InChI is InChI=1S/C20H23NO3/c1-12-9-13(2)21-19(23)16(12)6-7-17(22)14-5-8-18-15(10-14)11-20(3,4)24-18/h5,8-10H,6-7,11H2,1-4H3,(H,21,23). The highest BCUT2D eigenvalue weighted by Gasteiger charge is 2.30. The SMILES string of the molecule is Cc1cc(C)c(CCC(=O)c2ccc3c(c2)CC(C)(C)O3)c(=O)[nH]1. The monoisotopic (exact) mass is 325 g/mol. The first-order valence-corrected chi connectivity index (χ1v) is 8.30. The third kappa shape index (κ3) is 3.28. The number of aryl methyl sites for hydroxylation is 2. The quantitative estimate of drug-likeness (QED) is 0.875. The highest BCUT2D eigenvalue weighted by molar-refractivity contribution is 5.96. The van der Waals surface area contributed by atoms with E-state index >= 15 is 0 Å². The smallest absolute Gasteiger partial charge is 0.251 e. The zero-order valence-electron chi connectivity index (χ0n) is 14.7. The molecule has 1 aromatic carbocycles. The Morgan fingerprint density at radius 2 is 2.00 bits per heavy atom. The number of aromatic amines is 1. The van der Waals surface area contributed by atoms with Crippen molar-refractivity contribution in [2.45, 2.75) is 52.6 Å². The van der Waals surface area contributed by atoms with Crippen LogP contribution in [0.2, 0.25) is 0 Å². The average molecular weight is 325 g/mol. The number of carbonyl (C=O) groups excluding carboxylic acids is 1. The maximum absolute atomic E-state index is 12.5. The zero-order chi connectivity index (χ0) is 17.5. The van der Waals surface area contributed by atoms with Gasteiger partial charge in [0.2, 0.25) is 0 Å². The van der Waals surface area contributed by atoms with Crippen LogP contribution in [0, 0.1) is 13.8 Å². The van der Waals surface area contributed by atoms with Crippen LogP contribution in [0.25, 0.3) is 0 Å². The van der Waals surface area contributed by atoms with Gasteiger partial charge in [0.1, 0.15) is 11.4 Å². The molecule has 0 amide bonds. The lowest BCUT2D eigenvalue weighted by Gasteiger charge is -2.16. The first-order valence-electron chi connectivity index (χ1n) is 8.30. The van der Waals surface area contributed by atoms with Crippen LogP contribution in [0.3, 0.4) is 0 Å². The molecule has 0 saturated carbocycles. The van der Waals surface area contributed by atoms with Gasteiger partial charge in [-0.15, -0.1) is 0 Å². The Balaban J connectivity index is 1.74. The van der Waals surface area contributed by atoms with Gasteiger partial charge in [-0.2, -0.15) is 0 Å². The third-order valence-electron chi connectivity index (χ3n) is 4.48. The molecule has 1 aromatic heterocycles. The van der Waals surface area contributed by atoms with Gasteiger partial charge in [0.05, 0.1) is 0 Å². The molecule has 1 aliphatic heterocycles. The molecule has 2 aromatic rings. The molecule has 126 valence electrons. The van der Waals surface area contributed by atoms with E-state index in [1.807, 2.05) is 52.0 Å². The summed E-state index contributed by atoms with van der Waals surface area (Å²) >= 11 is 0. The van der Waals surface area contributed by atoms with E-state index in [-0.39, 0.29) is 16.9 Å². The predicted octanol–water partition coefficient (Wildman–Crippen LogP) is 3.52. The molecule has 0 fully saturated rings. The van der Waals surface area contributed by atoms with Crippen molar-refractivity contribution >= 4 is 5.78 Å². The number of hydrogen-bond acceptors (Lipinski definition) is 3. The molecule has 2 heterocycles. The van der Waals surface area contributed by atoms with Gasteiger partial charge >= 0.3 is 0 Å². The molecule has 24 heavy (non-hydrogen) atoms. The van der Waals surface area contributed by atoms with Crippen molar-refractivity contribution in [2.75, 3.05) is 0 Å². The molecular weight excluding hydrogens is 302 g/mol. The van der Waals surface area contributed by atoms with Gasteiger partial charge in [0.25, 0.3) is 5.56 Å². The molecule has 0 bridgehead atoms. The second-order valence-corrected chi connectivity index (χ2v) is 7.23. The lowest BCUT2D eigenvalue weighted by atomic mass is 9.96. The van der Waals surface area contributed by atoms with Crippen molar-refractivity contribution in [2.24, 2.45) is 0 Å². The number of Topliss-reactive ketones (excluding diaryl/α,β-unsaturated/α-hetero) is 1. The van der Waals surface area contributed by atoms with Crippen LogP contribution in [0.4, 0.5) is 0 Å². The van der Waals surface area contributed by atoms with Gasteiger partial charge in [-0.3, -0.25) is 9.59 Å². The highest BCUT2D eigenvalue weighted by Crippen LogP contribution is 2.35. The average Bonchev–Trinajstić information content (AvgIpc) is 2.78. The van der Waals surface area contributed by atoms with Gasteiger partial charge in [0, 0.05) is 29.7 Å². The summed E-state index contributed by atoms with van der Waals surface area (Å²) in [6.45, 7) is 7.86. The number of pyridine rings is 1. The molecule has 0 saturated heterocycles. The van der Waals surface area contributed by atoms with E-state index < -0.39 is 0 Å². The van der Waals surface area contributed by atoms with Crippen LogP contribution in [0.5, 0.6) is 5.75 Å². The van der Waals surface area contributed by atoms with E-state index in [4.69, 9.17) is 4.74 Å². The minimum absolute atomic E-state index is 0.0573. The summed E-state index contributed by atoms with van der Waals surface area (Å²) in [4.78, 5) is 27.4. The number of rotatable bonds is 4. The summed E-state index contributed by atoms with van der Waals surface area (Å²) in [5.74, 6) is 0.921. The number of hydrogen-bond donors (Lipinski definition) is 1. The molecular formula is C20H23NO3. The zero-order valence-corrected chi connectivity index (χ0v) is 14.7. The van der Waals surface area contributed by atoms with Gasteiger partial charge < -0.3 is 9.72 Å². The van der Waals surface area contributed by atoms with Crippen molar-refractivity contribution in [3.63, 3.8) is 0 Å². The Morgan fingerprint density at radius 3 is 2.71 bits per heavy atom. The van der Waals surface area contributed by atoms with Crippen LogP contribution in [0.1, 0.15) is 53.0 Å². The van der Waals surface area contributed by atoms with Crippen LogP contribution in [-0.4, -0.2) is 16.4 Å². The summed E-state index contributed by atoms with van der Waals surface area (Å²) in [6.07, 6.45) is 1.59. The van der Waals surface area contributed by atoms with Crippen molar-refractivity contribution in [3.8, 4) is 5.75 Å². The van der Waals surface area contributed by atoms with E-state index in [0.29, 0.717) is 24.0 Å². The molecule has 4 heteroatoms. The minimum Gasteiger partial charge on any atom is -0.487 e. The van der Waals surface area contributed by atoms with Crippen LogP contribution < -0.4 is 10.3 Å². The minimum atomic E-state index is -0.212. The predicted molar refractivity (Wildman–Crippen MR) is 94.0 cm³/mol. The fourth-order valence-corrected chi connectivity index (χ4v) is 3.36. The van der Waals surface area contributed by atoms with Crippen molar-refractivity contribution in [3.05, 3.63) is 62.6 Å². The van der Waals surface area contributed by atoms with E-state index in [1.165, 1.54) is 0 Å². The molecule has 0 spiro atoms. The number of ketones is 1. The molecule has 4 nitrogen and oxygen atoms in total. The van der Waals surface area contributed by atoms with Gasteiger partial charge in [-0.25, -0.2) is 0 Å². The maximum Gasteiger partial charge on any atom is 0.251 e. The van der Waals surface area contributed by atoms with Gasteiger partial charge in [-0.05, 0) is 69.5 Å². The fourth-order valence-electron chi connectivity index (χ4n) is 3.36. The van der Waals surface area contributed by atoms with Gasteiger partial charge in [-0.1, -0.05) is 0 Å². The van der Waals surface area contributed by atoms with E-state index in [2.05, 4.69) is 4.98 Å². The fraction of sp³-hybridized carbons (Fsp3) is 0.400. The molecule has 0 unspecified atom stereocenters. The third-order valence-corrected chi connectivity index (χ3v) is 4.48. The number of fused-ring (bicyclic) bond motifs is 1. The molecule has 0 aliphatic carbocycles. The maximum atomic E-state index is 12.5. The summed E-state index contributed by atoms with van der Waals surface area (Å²) in [7, 11) is 0. The number of ether oxygens (including phenoxy) is 1. The molecule has 3 rings (SSSR count). The largest absolute Gasteiger partial charge is 0.487 e. The van der Waals surface area contributed by atoms with Crippen LogP contribution in [-0.2, 0) is 12.8 Å². The van der Waals surface area contributed by atoms with Crippen molar-refractivity contribution in [1.82, 2.24) is 4.98 Å². The number of benzene rings is 1. The van der Waals surface area contributed by atoms with E-state index in [9.17, 15) is 9.59 Å². The normalized spacial score (nSPS) is 15.0. The Morgan fingerprint density at radius 1 is 1.25 bits per heavy atom. The summed E-state index contributed by atoms with van der Waals surface area (Å²) in [5, 5.41) is 0. The Bertz CT molecular complexity index is 862. The molecule has 0 radical (unpaired) electrons. The lowest BCUT2D eigenvalue weighted by Crippen LogP contribution is -2.24. The van der Waals surface area contributed by atoms with Crippen LogP contribution in [0.15, 0.2) is 29.1 Å². The molecule has 0 atom stereocenters. The summed E-state index contributed by atoms with van der Waals surface area (Å²) in [6, 6.07) is 7.56. The Kier molecular flexibility index (Phi) is 4.08. The van der Waals surface area contributed by atoms with E-state index in [0.717, 1.165) is 29.0 Å². The number of aromatic nitrogens is 1.